The third-order valence-electron chi connectivity index (χ3n) is 3.00. The molecule has 0 atom stereocenters. The molecule has 0 saturated carbocycles. The number of hydrogen-bond acceptors (Lipinski definition) is 3. The Morgan fingerprint density at radius 1 is 1.05 bits per heavy atom. The van der Waals surface area contributed by atoms with Gasteiger partial charge in [0.25, 0.3) is 0 Å². The van der Waals surface area contributed by atoms with Gasteiger partial charge in [0.05, 0.1) is 18.1 Å². The number of rotatable bonds is 6. The maximum atomic E-state index is 12.0. The quantitative estimate of drug-likeness (QED) is 0.763. The number of benzene rings is 2. The summed E-state index contributed by atoms with van der Waals surface area (Å²) in [6, 6.07) is 13.6. The lowest BCUT2D eigenvalue weighted by Gasteiger charge is -2.08. The predicted octanol–water partition coefficient (Wildman–Crippen LogP) is 2.79. The van der Waals surface area contributed by atoms with Crippen LogP contribution in [0.15, 0.2) is 42.5 Å². The molecule has 2 aromatic rings. The molecular formula is C15H18O3S. The predicted molar refractivity (Wildman–Crippen MR) is 77.9 cm³/mol. The summed E-state index contributed by atoms with van der Waals surface area (Å²) in [7, 11) is -3.12. The Morgan fingerprint density at radius 3 is 2.58 bits per heavy atom. The number of fused-ring (bicyclic) bond motifs is 1. The van der Waals surface area contributed by atoms with E-state index < -0.39 is 9.84 Å². The molecule has 0 unspecified atom stereocenters. The maximum Gasteiger partial charge on any atom is 0.156 e. The largest absolute Gasteiger partial charge is 0.381 e. The Labute approximate surface area is 114 Å². The zero-order chi connectivity index (χ0) is 13.7. The fourth-order valence-corrected chi connectivity index (χ4v) is 3.30. The molecule has 4 heteroatoms. The van der Waals surface area contributed by atoms with Gasteiger partial charge in [-0.15, -0.1) is 0 Å². The molecule has 3 nitrogen and oxygen atoms in total. The molecule has 0 heterocycles. The van der Waals surface area contributed by atoms with Crippen LogP contribution in [0.25, 0.3) is 10.8 Å². The van der Waals surface area contributed by atoms with E-state index in [-0.39, 0.29) is 18.1 Å². The normalized spacial score (nSPS) is 11.8. The molecule has 0 aliphatic rings. The SMILES string of the molecule is CCOCCS(=O)(=O)Cc1cccc2ccccc12. The Morgan fingerprint density at radius 2 is 1.79 bits per heavy atom. The minimum Gasteiger partial charge on any atom is -0.381 e. The minimum atomic E-state index is -3.12. The van der Waals surface area contributed by atoms with Gasteiger partial charge in [0.15, 0.2) is 9.84 Å². The van der Waals surface area contributed by atoms with Crippen LogP contribution in [0.1, 0.15) is 12.5 Å². The third kappa shape index (κ3) is 3.78. The Kier molecular flexibility index (Phi) is 4.56. The van der Waals surface area contributed by atoms with E-state index in [4.69, 9.17) is 4.74 Å². The highest BCUT2D eigenvalue weighted by Gasteiger charge is 2.13. The van der Waals surface area contributed by atoms with Crippen LogP contribution in [0, 0.1) is 0 Å². The van der Waals surface area contributed by atoms with Gasteiger partial charge in [-0.3, -0.25) is 0 Å². The van der Waals surface area contributed by atoms with E-state index in [1.54, 1.807) is 0 Å². The molecule has 0 aromatic heterocycles. The van der Waals surface area contributed by atoms with Gasteiger partial charge in [-0.05, 0) is 23.3 Å². The van der Waals surface area contributed by atoms with Crippen molar-refractivity contribution >= 4 is 20.6 Å². The molecule has 0 radical (unpaired) electrons. The molecule has 0 bridgehead atoms. The molecule has 0 aliphatic heterocycles. The van der Waals surface area contributed by atoms with Crippen molar-refractivity contribution < 1.29 is 13.2 Å². The van der Waals surface area contributed by atoms with E-state index in [0.717, 1.165) is 16.3 Å². The average molecular weight is 278 g/mol. The van der Waals surface area contributed by atoms with Gasteiger partial charge >= 0.3 is 0 Å². The summed E-state index contributed by atoms with van der Waals surface area (Å²) >= 11 is 0. The van der Waals surface area contributed by atoms with Crippen molar-refractivity contribution in [1.82, 2.24) is 0 Å². The lowest BCUT2D eigenvalue weighted by Crippen LogP contribution is -2.14. The fraction of sp³-hybridized carbons (Fsp3) is 0.333. The summed E-state index contributed by atoms with van der Waals surface area (Å²) < 4.78 is 29.2. The van der Waals surface area contributed by atoms with E-state index in [9.17, 15) is 8.42 Å². The lowest BCUT2D eigenvalue weighted by molar-refractivity contribution is 0.163. The Hall–Kier alpha value is -1.39. The smallest absolute Gasteiger partial charge is 0.156 e. The molecule has 2 rings (SSSR count). The van der Waals surface area contributed by atoms with Crippen molar-refractivity contribution in [2.75, 3.05) is 19.0 Å². The van der Waals surface area contributed by atoms with Crippen LogP contribution in [0.4, 0.5) is 0 Å². The molecular weight excluding hydrogens is 260 g/mol. The average Bonchev–Trinajstić information content (AvgIpc) is 2.39. The molecule has 0 saturated heterocycles. The molecule has 0 amide bonds. The minimum absolute atomic E-state index is 0.0709. The monoisotopic (exact) mass is 278 g/mol. The standard InChI is InChI=1S/C15H18O3S/c1-2-18-10-11-19(16,17)12-14-8-5-7-13-6-3-4-9-15(13)14/h3-9H,2,10-12H2,1H3. The second kappa shape index (κ2) is 6.17. The lowest BCUT2D eigenvalue weighted by atomic mass is 10.1. The van der Waals surface area contributed by atoms with Crippen LogP contribution >= 0.6 is 0 Å². The zero-order valence-electron chi connectivity index (χ0n) is 11.0. The molecule has 0 fully saturated rings. The number of hydrogen-bond donors (Lipinski definition) is 0. The summed E-state index contributed by atoms with van der Waals surface area (Å²) in [5.74, 6) is 0.144. The molecule has 0 spiro atoms. The van der Waals surface area contributed by atoms with Gasteiger partial charge in [-0.2, -0.15) is 0 Å². The zero-order valence-corrected chi connectivity index (χ0v) is 11.8. The van der Waals surface area contributed by atoms with Gasteiger partial charge in [-0.25, -0.2) is 8.42 Å². The van der Waals surface area contributed by atoms with Crippen molar-refractivity contribution in [1.29, 1.82) is 0 Å². The van der Waals surface area contributed by atoms with Gasteiger partial charge in [-0.1, -0.05) is 42.5 Å². The summed E-state index contributed by atoms with van der Waals surface area (Å²) in [5.41, 5.74) is 0.856. The maximum absolute atomic E-state index is 12.0. The van der Waals surface area contributed by atoms with Crippen LogP contribution in [0.2, 0.25) is 0 Å². The first-order valence-electron chi connectivity index (χ1n) is 6.37. The fourth-order valence-electron chi connectivity index (χ4n) is 2.06. The van der Waals surface area contributed by atoms with Crippen molar-refractivity contribution in [2.24, 2.45) is 0 Å². The molecule has 102 valence electrons. The second-order valence-corrected chi connectivity index (χ2v) is 6.61. The second-order valence-electron chi connectivity index (χ2n) is 4.43. The van der Waals surface area contributed by atoms with Crippen LogP contribution in [-0.2, 0) is 20.3 Å². The highest BCUT2D eigenvalue weighted by molar-refractivity contribution is 7.90. The number of ether oxygens (including phenoxy) is 1. The van der Waals surface area contributed by atoms with Crippen LogP contribution in [0.3, 0.4) is 0 Å². The van der Waals surface area contributed by atoms with Crippen LogP contribution in [-0.4, -0.2) is 27.4 Å². The first-order chi connectivity index (χ1) is 9.12. The van der Waals surface area contributed by atoms with E-state index in [2.05, 4.69) is 0 Å². The van der Waals surface area contributed by atoms with Crippen molar-refractivity contribution in [3.05, 3.63) is 48.0 Å². The highest BCUT2D eigenvalue weighted by Crippen LogP contribution is 2.20. The van der Waals surface area contributed by atoms with E-state index in [1.807, 2.05) is 49.4 Å². The van der Waals surface area contributed by atoms with Crippen molar-refractivity contribution in [2.45, 2.75) is 12.7 Å². The van der Waals surface area contributed by atoms with Crippen molar-refractivity contribution in [3.63, 3.8) is 0 Å². The molecule has 0 N–H and O–H groups in total. The summed E-state index contributed by atoms with van der Waals surface area (Å²) in [6.07, 6.45) is 0. The first-order valence-corrected chi connectivity index (χ1v) is 8.19. The highest BCUT2D eigenvalue weighted by atomic mass is 32.2. The van der Waals surface area contributed by atoms with Gasteiger partial charge < -0.3 is 4.74 Å². The Bertz CT molecular complexity index is 642. The molecule has 19 heavy (non-hydrogen) atoms. The van der Waals surface area contributed by atoms with E-state index >= 15 is 0 Å². The topological polar surface area (TPSA) is 43.4 Å². The number of sulfone groups is 1. The summed E-state index contributed by atoms with van der Waals surface area (Å²) in [5, 5.41) is 2.07. The van der Waals surface area contributed by atoms with E-state index in [0.29, 0.717) is 6.61 Å². The van der Waals surface area contributed by atoms with Gasteiger partial charge in [0.2, 0.25) is 0 Å². The first kappa shape index (κ1) is 14.0. The molecule has 2 aromatic carbocycles. The van der Waals surface area contributed by atoms with Gasteiger partial charge in [0, 0.05) is 6.61 Å². The summed E-state index contributed by atoms with van der Waals surface area (Å²) in [6.45, 7) is 2.67. The van der Waals surface area contributed by atoms with Crippen molar-refractivity contribution in [3.8, 4) is 0 Å². The van der Waals surface area contributed by atoms with Crippen LogP contribution < -0.4 is 0 Å². The van der Waals surface area contributed by atoms with Gasteiger partial charge in [0.1, 0.15) is 0 Å². The van der Waals surface area contributed by atoms with Crippen LogP contribution in [0.5, 0.6) is 0 Å². The molecule has 0 aliphatic carbocycles. The Balaban J connectivity index is 2.21. The third-order valence-corrected chi connectivity index (χ3v) is 4.54. The summed E-state index contributed by atoms with van der Waals surface area (Å²) in [4.78, 5) is 0. The van der Waals surface area contributed by atoms with E-state index in [1.165, 1.54) is 0 Å².